The standard InChI is InChI=1S/C14H16ClN3O/c1-9-8-10(4-5-11(9)15)12(16-2)13-14(19-3)18-7-6-17-13/h4-8,12,16H,1-3H3. The minimum absolute atomic E-state index is 0.0837. The second-order valence-electron chi connectivity index (χ2n) is 4.18. The third-order valence-corrected chi connectivity index (χ3v) is 3.39. The van der Waals surface area contributed by atoms with E-state index in [2.05, 4.69) is 15.3 Å². The van der Waals surface area contributed by atoms with Crippen LogP contribution in [0.15, 0.2) is 30.6 Å². The molecule has 100 valence electrons. The van der Waals surface area contributed by atoms with Gasteiger partial charge in [0, 0.05) is 17.4 Å². The van der Waals surface area contributed by atoms with Crippen molar-refractivity contribution in [2.75, 3.05) is 14.2 Å². The second-order valence-corrected chi connectivity index (χ2v) is 4.59. The highest BCUT2D eigenvalue weighted by atomic mass is 35.5. The van der Waals surface area contributed by atoms with Gasteiger partial charge in [0.25, 0.3) is 0 Å². The summed E-state index contributed by atoms with van der Waals surface area (Å²) in [6.45, 7) is 1.98. The topological polar surface area (TPSA) is 47.0 Å². The zero-order valence-electron chi connectivity index (χ0n) is 11.1. The Bertz CT molecular complexity index is 574. The second kappa shape index (κ2) is 5.99. The number of benzene rings is 1. The van der Waals surface area contributed by atoms with Crippen molar-refractivity contribution >= 4 is 11.6 Å². The first-order chi connectivity index (χ1) is 9.17. The molecule has 0 spiro atoms. The molecule has 0 amide bonds. The number of nitrogens with zero attached hydrogens (tertiary/aromatic N) is 2. The van der Waals surface area contributed by atoms with Crippen LogP contribution < -0.4 is 10.1 Å². The molecule has 2 rings (SSSR count). The SMILES string of the molecule is CNC(c1ccc(Cl)c(C)c1)c1nccnc1OC. The summed E-state index contributed by atoms with van der Waals surface area (Å²) in [6.07, 6.45) is 3.27. The quantitative estimate of drug-likeness (QED) is 0.933. The fourth-order valence-corrected chi connectivity index (χ4v) is 2.12. The fourth-order valence-electron chi connectivity index (χ4n) is 2.00. The van der Waals surface area contributed by atoms with E-state index in [4.69, 9.17) is 16.3 Å². The van der Waals surface area contributed by atoms with Crippen LogP contribution in [0.5, 0.6) is 5.88 Å². The largest absolute Gasteiger partial charge is 0.480 e. The molecular weight excluding hydrogens is 262 g/mol. The monoisotopic (exact) mass is 277 g/mol. The van der Waals surface area contributed by atoms with Gasteiger partial charge in [-0.15, -0.1) is 0 Å². The van der Waals surface area contributed by atoms with Crippen molar-refractivity contribution in [3.05, 3.63) is 52.4 Å². The Balaban J connectivity index is 2.46. The molecule has 5 heteroatoms. The number of aryl methyl sites for hydroxylation is 1. The molecule has 1 atom stereocenters. The highest BCUT2D eigenvalue weighted by molar-refractivity contribution is 6.31. The van der Waals surface area contributed by atoms with E-state index < -0.39 is 0 Å². The smallest absolute Gasteiger partial charge is 0.237 e. The van der Waals surface area contributed by atoms with Crippen molar-refractivity contribution in [2.24, 2.45) is 0 Å². The van der Waals surface area contributed by atoms with Crippen molar-refractivity contribution in [3.8, 4) is 5.88 Å². The molecule has 0 saturated carbocycles. The first-order valence-corrected chi connectivity index (χ1v) is 6.33. The average molecular weight is 278 g/mol. The van der Waals surface area contributed by atoms with Crippen molar-refractivity contribution in [3.63, 3.8) is 0 Å². The van der Waals surface area contributed by atoms with Crippen molar-refractivity contribution < 1.29 is 4.74 Å². The van der Waals surface area contributed by atoms with E-state index in [9.17, 15) is 0 Å². The molecule has 1 N–H and O–H groups in total. The molecule has 0 bridgehead atoms. The van der Waals surface area contributed by atoms with E-state index in [0.29, 0.717) is 5.88 Å². The van der Waals surface area contributed by atoms with Crippen LogP contribution in [0.3, 0.4) is 0 Å². The summed E-state index contributed by atoms with van der Waals surface area (Å²) in [4.78, 5) is 8.55. The minimum Gasteiger partial charge on any atom is -0.480 e. The molecule has 1 aromatic carbocycles. The Hall–Kier alpha value is -1.65. The summed E-state index contributed by atoms with van der Waals surface area (Å²) < 4.78 is 5.26. The molecule has 0 aliphatic heterocycles. The van der Waals surface area contributed by atoms with Crippen LogP contribution in [0.1, 0.15) is 22.9 Å². The van der Waals surface area contributed by atoms with Gasteiger partial charge in [0.05, 0.1) is 13.2 Å². The average Bonchev–Trinajstić information content (AvgIpc) is 2.44. The predicted molar refractivity (Wildman–Crippen MR) is 75.7 cm³/mol. The number of aromatic nitrogens is 2. The first kappa shape index (κ1) is 13.8. The molecule has 4 nitrogen and oxygen atoms in total. The lowest BCUT2D eigenvalue weighted by Gasteiger charge is -2.18. The number of nitrogens with one attached hydrogen (secondary N) is 1. The molecule has 1 unspecified atom stereocenters. The van der Waals surface area contributed by atoms with Crippen LogP contribution in [-0.4, -0.2) is 24.1 Å². The molecule has 0 radical (unpaired) electrons. The van der Waals surface area contributed by atoms with E-state index in [-0.39, 0.29) is 6.04 Å². The van der Waals surface area contributed by atoms with Crippen LogP contribution in [0, 0.1) is 6.92 Å². The third kappa shape index (κ3) is 2.85. The molecular formula is C14H16ClN3O. The molecule has 19 heavy (non-hydrogen) atoms. The fraction of sp³-hybridized carbons (Fsp3) is 0.286. The molecule has 2 aromatic rings. The van der Waals surface area contributed by atoms with E-state index in [0.717, 1.165) is 21.8 Å². The highest BCUT2D eigenvalue weighted by Gasteiger charge is 2.19. The van der Waals surface area contributed by atoms with Crippen LogP contribution in [0.25, 0.3) is 0 Å². The van der Waals surface area contributed by atoms with Crippen molar-refractivity contribution in [2.45, 2.75) is 13.0 Å². The van der Waals surface area contributed by atoms with Gasteiger partial charge in [-0.25, -0.2) is 4.98 Å². The third-order valence-electron chi connectivity index (χ3n) is 2.96. The zero-order valence-corrected chi connectivity index (χ0v) is 11.9. The lowest BCUT2D eigenvalue weighted by molar-refractivity contribution is 0.384. The van der Waals surface area contributed by atoms with Gasteiger partial charge in [-0.1, -0.05) is 23.7 Å². The Morgan fingerprint density at radius 3 is 2.63 bits per heavy atom. The maximum atomic E-state index is 6.06. The first-order valence-electron chi connectivity index (χ1n) is 5.95. The van der Waals surface area contributed by atoms with Gasteiger partial charge in [-0.05, 0) is 31.2 Å². The van der Waals surface area contributed by atoms with Crippen LogP contribution in [0.2, 0.25) is 5.02 Å². The number of rotatable bonds is 4. The highest BCUT2D eigenvalue weighted by Crippen LogP contribution is 2.28. The van der Waals surface area contributed by atoms with E-state index >= 15 is 0 Å². The summed E-state index contributed by atoms with van der Waals surface area (Å²) in [5, 5.41) is 3.98. The number of hydrogen-bond donors (Lipinski definition) is 1. The number of hydrogen-bond acceptors (Lipinski definition) is 4. The van der Waals surface area contributed by atoms with Gasteiger partial charge in [0.2, 0.25) is 5.88 Å². The lowest BCUT2D eigenvalue weighted by atomic mass is 10.0. The van der Waals surface area contributed by atoms with Crippen LogP contribution in [-0.2, 0) is 0 Å². The van der Waals surface area contributed by atoms with Gasteiger partial charge < -0.3 is 10.1 Å². The molecule has 0 aliphatic rings. The summed E-state index contributed by atoms with van der Waals surface area (Å²) in [7, 11) is 3.47. The number of ether oxygens (including phenoxy) is 1. The maximum absolute atomic E-state index is 6.06. The molecule has 0 fully saturated rings. The number of methoxy groups -OCH3 is 1. The molecule has 1 heterocycles. The van der Waals surface area contributed by atoms with Gasteiger partial charge in [-0.3, -0.25) is 4.98 Å². The Kier molecular flexibility index (Phi) is 4.35. The minimum atomic E-state index is -0.0837. The zero-order chi connectivity index (χ0) is 13.8. The number of halogens is 1. The lowest BCUT2D eigenvalue weighted by Crippen LogP contribution is -2.20. The van der Waals surface area contributed by atoms with E-state index in [1.54, 1.807) is 19.5 Å². The van der Waals surface area contributed by atoms with Gasteiger partial charge >= 0.3 is 0 Å². The molecule has 0 saturated heterocycles. The van der Waals surface area contributed by atoms with Crippen LogP contribution >= 0.6 is 11.6 Å². The molecule has 0 aliphatic carbocycles. The summed E-state index contributed by atoms with van der Waals surface area (Å²) >= 11 is 6.06. The summed E-state index contributed by atoms with van der Waals surface area (Å²) in [5.74, 6) is 0.523. The van der Waals surface area contributed by atoms with Crippen molar-refractivity contribution in [1.82, 2.24) is 15.3 Å². The predicted octanol–water partition coefficient (Wildman–Crippen LogP) is 2.76. The normalized spacial score (nSPS) is 12.2. The van der Waals surface area contributed by atoms with Crippen LogP contribution in [0.4, 0.5) is 0 Å². The molecule has 1 aromatic heterocycles. The van der Waals surface area contributed by atoms with Gasteiger partial charge in [0.1, 0.15) is 5.69 Å². The summed E-state index contributed by atoms with van der Waals surface area (Å²) in [5.41, 5.74) is 2.86. The van der Waals surface area contributed by atoms with Gasteiger partial charge in [-0.2, -0.15) is 0 Å². The van der Waals surface area contributed by atoms with E-state index in [1.165, 1.54) is 0 Å². The Morgan fingerprint density at radius 1 is 1.26 bits per heavy atom. The Labute approximate surface area is 117 Å². The maximum Gasteiger partial charge on any atom is 0.237 e. The van der Waals surface area contributed by atoms with Gasteiger partial charge in [0.15, 0.2) is 0 Å². The Morgan fingerprint density at radius 2 is 2.00 bits per heavy atom. The van der Waals surface area contributed by atoms with Crippen molar-refractivity contribution in [1.29, 1.82) is 0 Å². The van der Waals surface area contributed by atoms with E-state index in [1.807, 2.05) is 32.2 Å². The summed E-state index contributed by atoms with van der Waals surface area (Å²) in [6, 6.07) is 5.82.